The maximum atomic E-state index is 12.3. The topological polar surface area (TPSA) is 112 Å². The first kappa shape index (κ1) is 21.5. The van der Waals surface area contributed by atoms with E-state index in [2.05, 4.69) is 5.32 Å². The number of hydrogen-bond donors (Lipinski definition) is 4. The van der Waals surface area contributed by atoms with Gasteiger partial charge in [0.25, 0.3) is 5.91 Å². The number of hydrogen-bond acceptors (Lipinski definition) is 5. The number of nitrogens with two attached hydrogens (primary N) is 1. The first-order valence-electron chi connectivity index (χ1n) is 10.1. The summed E-state index contributed by atoms with van der Waals surface area (Å²) in [6.07, 6.45) is 5.87. The van der Waals surface area contributed by atoms with E-state index in [4.69, 9.17) is 15.9 Å². The van der Waals surface area contributed by atoms with Gasteiger partial charge in [0.05, 0.1) is 0 Å². The first-order chi connectivity index (χ1) is 14.6. The lowest BCUT2D eigenvalue weighted by molar-refractivity contribution is -0.121. The van der Waals surface area contributed by atoms with Crippen LogP contribution in [-0.2, 0) is 4.79 Å². The molecule has 0 aliphatic carbocycles. The number of anilines is 1. The standard InChI is InChI=1S/C23H28N4O3/c24-23(25)18-5-1-3-17(15-18)4-2-14-27(22(29)16-28)19-6-8-20(9-7-19)30-21-10-12-26-13-11-21/h1-9,15,21,26,28H,10-14,16H2,(H3,24,25). The van der Waals surface area contributed by atoms with Crippen LogP contribution in [0.2, 0.25) is 0 Å². The Bertz CT molecular complexity index is 890. The molecule has 0 spiro atoms. The summed E-state index contributed by atoms with van der Waals surface area (Å²) in [4.78, 5) is 13.8. The zero-order valence-corrected chi connectivity index (χ0v) is 16.9. The van der Waals surface area contributed by atoms with Crippen LogP contribution in [-0.4, -0.2) is 49.2 Å². The third-order valence-corrected chi connectivity index (χ3v) is 4.97. The second kappa shape index (κ2) is 10.6. The van der Waals surface area contributed by atoms with Crippen LogP contribution in [0.15, 0.2) is 54.6 Å². The summed E-state index contributed by atoms with van der Waals surface area (Å²) in [7, 11) is 0. The Kier molecular flexibility index (Phi) is 7.59. The second-order valence-corrected chi connectivity index (χ2v) is 7.17. The van der Waals surface area contributed by atoms with Gasteiger partial charge in [0.1, 0.15) is 24.3 Å². The average molecular weight is 409 g/mol. The molecule has 5 N–H and O–H groups in total. The van der Waals surface area contributed by atoms with Crippen LogP contribution >= 0.6 is 0 Å². The molecule has 1 heterocycles. The minimum Gasteiger partial charge on any atom is -0.490 e. The Morgan fingerprint density at radius 3 is 2.63 bits per heavy atom. The zero-order chi connectivity index (χ0) is 21.3. The Balaban J connectivity index is 1.67. The number of rotatable bonds is 8. The minimum absolute atomic E-state index is 0.00846. The van der Waals surface area contributed by atoms with E-state index in [0.717, 1.165) is 37.2 Å². The van der Waals surface area contributed by atoms with Crippen molar-refractivity contribution in [3.8, 4) is 5.75 Å². The van der Waals surface area contributed by atoms with Crippen molar-refractivity contribution in [1.82, 2.24) is 5.32 Å². The Morgan fingerprint density at radius 2 is 1.97 bits per heavy atom. The van der Waals surface area contributed by atoms with Gasteiger partial charge in [0.15, 0.2) is 0 Å². The molecule has 1 aliphatic heterocycles. The fourth-order valence-electron chi connectivity index (χ4n) is 3.35. The zero-order valence-electron chi connectivity index (χ0n) is 16.9. The van der Waals surface area contributed by atoms with Crippen molar-refractivity contribution in [3.63, 3.8) is 0 Å². The highest BCUT2D eigenvalue weighted by atomic mass is 16.5. The van der Waals surface area contributed by atoms with Gasteiger partial charge in [-0.1, -0.05) is 30.4 Å². The maximum Gasteiger partial charge on any atom is 0.252 e. The van der Waals surface area contributed by atoms with E-state index in [0.29, 0.717) is 17.8 Å². The van der Waals surface area contributed by atoms with E-state index >= 15 is 0 Å². The van der Waals surface area contributed by atoms with Crippen molar-refractivity contribution in [2.75, 3.05) is 31.1 Å². The van der Waals surface area contributed by atoms with Gasteiger partial charge >= 0.3 is 0 Å². The van der Waals surface area contributed by atoms with Gasteiger partial charge in [0.2, 0.25) is 0 Å². The number of aliphatic hydroxyl groups excluding tert-OH is 1. The molecule has 2 aromatic carbocycles. The molecule has 1 amide bonds. The Morgan fingerprint density at radius 1 is 1.23 bits per heavy atom. The lowest BCUT2D eigenvalue weighted by Crippen LogP contribution is -2.34. The van der Waals surface area contributed by atoms with Crippen LogP contribution in [0, 0.1) is 5.41 Å². The first-order valence-corrected chi connectivity index (χ1v) is 10.1. The number of nitrogens with zero attached hydrogens (tertiary/aromatic N) is 1. The van der Waals surface area contributed by atoms with E-state index in [1.807, 2.05) is 54.6 Å². The highest BCUT2D eigenvalue weighted by Gasteiger charge is 2.16. The van der Waals surface area contributed by atoms with E-state index in [1.54, 1.807) is 6.07 Å². The molecule has 1 aliphatic rings. The van der Waals surface area contributed by atoms with Crippen molar-refractivity contribution in [2.45, 2.75) is 18.9 Å². The fourth-order valence-corrected chi connectivity index (χ4v) is 3.35. The van der Waals surface area contributed by atoms with Gasteiger partial charge < -0.3 is 25.8 Å². The summed E-state index contributed by atoms with van der Waals surface area (Å²) in [5, 5.41) is 20.2. The lowest BCUT2D eigenvalue weighted by atomic mass is 10.1. The molecular weight excluding hydrogens is 380 g/mol. The number of piperidine rings is 1. The molecule has 158 valence electrons. The Labute approximate surface area is 176 Å². The molecule has 0 bridgehead atoms. The molecule has 3 rings (SSSR count). The lowest BCUT2D eigenvalue weighted by Gasteiger charge is -2.24. The number of carbonyl (C=O) groups excluding carboxylic acids is 1. The predicted octanol–water partition coefficient (Wildman–Crippen LogP) is 2.14. The quantitative estimate of drug-likeness (QED) is 0.395. The smallest absolute Gasteiger partial charge is 0.252 e. The van der Waals surface area contributed by atoms with Crippen LogP contribution in [0.4, 0.5) is 5.69 Å². The molecule has 1 fully saturated rings. The van der Waals surface area contributed by atoms with E-state index in [9.17, 15) is 9.90 Å². The van der Waals surface area contributed by atoms with Crippen molar-refractivity contribution in [3.05, 3.63) is 65.7 Å². The fraction of sp³-hybridized carbons (Fsp3) is 0.304. The van der Waals surface area contributed by atoms with Gasteiger partial charge in [0, 0.05) is 17.8 Å². The molecule has 0 unspecified atom stereocenters. The van der Waals surface area contributed by atoms with Crippen molar-refractivity contribution < 1.29 is 14.6 Å². The molecule has 1 saturated heterocycles. The van der Waals surface area contributed by atoms with Gasteiger partial charge in [-0.3, -0.25) is 10.2 Å². The molecule has 7 nitrogen and oxygen atoms in total. The normalized spacial score (nSPS) is 14.6. The number of amidine groups is 1. The number of carbonyl (C=O) groups is 1. The van der Waals surface area contributed by atoms with Gasteiger partial charge in [-0.2, -0.15) is 0 Å². The molecule has 7 heteroatoms. The summed E-state index contributed by atoms with van der Waals surface area (Å²) in [5.41, 5.74) is 7.74. The predicted molar refractivity (Wildman–Crippen MR) is 119 cm³/mol. The number of ether oxygens (including phenoxy) is 1. The summed E-state index contributed by atoms with van der Waals surface area (Å²) in [5.74, 6) is 0.400. The van der Waals surface area contributed by atoms with E-state index in [-0.39, 0.29) is 17.8 Å². The van der Waals surface area contributed by atoms with Crippen LogP contribution in [0.5, 0.6) is 5.75 Å². The van der Waals surface area contributed by atoms with Crippen LogP contribution in [0.3, 0.4) is 0 Å². The summed E-state index contributed by atoms with van der Waals surface area (Å²) in [6.45, 7) is 1.66. The molecule has 0 aromatic heterocycles. The van der Waals surface area contributed by atoms with Crippen LogP contribution in [0.25, 0.3) is 6.08 Å². The van der Waals surface area contributed by atoms with Crippen LogP contribution in [0.1, 0.15) is 24.0 Å². The largest absolute Gasteiger partial charge is 0.490 e. The molecule has 0 radical (unpaired) electrons. The third kappa shape index (κ3) is 5.92. The molecular formula is C23H28N4O3. The molecule has 2 aromatic rings. The van der Waals surface area contributed by atoms with Crippen LogP contribution < -0.4 is 20.7 Å². The maximum absolute atomic E-state index is 12.3. The summed E-state index contributed by atoms with van der Waals surface area (Å²) in [6, 6.07) is 14.7. The highest BCUT2D eigenvalue weighted by Crippen LogP contribution is 2.22. The van der Waals surface area contributed by atoms with E-state index in [1.165, 1.54) is 4.90 Å². The third-order valence-electron chi connectivity index (χ3n) is 4.97. The number of benzene rings is 2. The highest BCUT2D eigenvalue weighted by molar-refractivity contribution is 5.96. The summed E-state index contributed by atoms with van der Waals surface area (Å²) >= 11 is 0. The van der Waals surface area contributed by atoms with Crippen molar-refractivity contribution >= 4 is 23.5 Å². The minimum atomic E-state index is -0.568. The SMILES string of the molecule is N=C(N)c1cccc(C=CCN(C(=O)CO)c2ccc(OC3CCNCC3)cc2)c1. The number of nitrogens with one attached hydrogen (secondary N) is 2. The Hall–Kier alpha value is -3.16. The molecule has 30 heavy (non-hydrogen) atoms. The monoisotopic (exact) mass is 408 g/mol. The molecule has 0 atom stereocenters. The van der Waals surface area contributed by atoms with Gasteiger partial charge in [-0.05, 0) is 61.8 Å². The number of amides is 1. The number of aliphatic hydroxyl groups is 1. The van der Waals surface area contributed by atoms with Gasteiger partial charge in [-0.25, -0.2) is 0 Å². The van der Waals surface area contributed by atoms with Gasteiger partial charge in [-0.15, -0.1) is 0 Å². The second-order valence-electron chi connectivity index (χ2n) is 7.17. The summed E-state index contributed by atoms with van der Waals surface area (Å²) < 4.78 is 6.01. The number of nitrogen functional groups attached to an aromatic ring is 1. The molecule has 0 saturated carbocycles. The average Bonchev–Trinajstić information content (AvgIpc) is 2.78. The van der Waals surface area contributed by atoms with Crippen molar-refractivity contribution in [1.29, 1.82) is 5.41 Å². The van der Waals surface area contributed by atoms with E-state index < -0.39 is 6.61 Å². The van der Waals surface area contributed by atoms with Crippen molar-refractivity contribution in [2.24, 2.45) is 5.73 Å².